The highest BCUT2D eigenvalue weighted by molar-refractivity contribution is 6.00. The number of benzene rings is 2. The first-order valence-electron chi connectivity index (χ1n) is 9.79. The molecule has 0 N–H and O–H groups in total. The molecule has 0 radical (unpaired) electrons. The molecule has 0 nitrogen and oxygen atoms in total. The first kappa shape index (κ1) is 15.6. The van der Waals surface area contributed by atoms with Crippen LogP contribution in [0.5, 0.6) is 0 Å². The Morgan fingerprint density at radius 2 is 1.54 bits per heavy atom. The molecule has 0 heterocycles. The molecule has 2 aromatic rings. The van der Waals surface area contributed by atoms with Crippen LogP contribution < -0.4 is 0 Å². The van der Waals surface area contributed by atoms with E-state index in [-0.39, 0.29) is 5.41 Å². The van der Waals surface area contributed by atoms with Crippen molar-refractivity contribution in [2.75, 3.05) is 0 Å². The van der Waals surface area contributed by atoms with Crippen molar-refractivity contribution >= 4 is 11.1 Å². The van der Waals surface area contributed by atoms with Crippen LogP contribution >= 0.6 is 0 Å². The number of hydrogen-bond donors (Lipinski definition) is 0. The van der Waals surface area contributed by atoms with Crippen molar-refractivity contribution in [3.8, 4) is 0 Å². The monoisotopic (exact) mass is 336 g/mol. The van der Waals surface area contributed by atoms with Crippen molar-refractivity contribution in [2.24, 2.45) is 0 Å². The lowest BCUT2D eigenvalue weighted by molar-refractivity contribution is 0.774. The van der Waals surface area contributed by atoms with E-state index in [0.717, 1.165) is 19.3 Å². The third-order valence-corrected chi connectivity index (χ3v) is 6.24. The van der Waals surface area contributed by atoms with Gasteiger partial charge < -0.3 is 0 Å². The van der Waals surface area contributed by atoms with Gasteiger partial charge in [0.15, 0.2) is 0 Å². The van der Waals surface area contributed by atoms with Crippen LogP contribution in [-0.4, -0.2) is 0 Å². The Balaban J connectivity index is 1.94. The van der Waals surface area contributed by atoms with Gasteiger partial charge in [0, 0.05) is 0 Å². The lowest BCUT2D eigenvalue weighted by Crippen LogP contribution is -2.27. The number of allylic oxidation sites excluding steroid dienone is 8. The molecule has 0 heteroatoms. The van der Waals surface area contributed by atoms with E-state index >= 15 is 0 Å². The maximum atomic E-state index is 2.50. The molecule has 1 atom stereocenters. The second-order valence-corrected chi connectivity index (χ2v) is 7.50. The van der Waals surface area contributed by atoms with Crippen LogP contribution in [0.15, 0.2) is 84.0 Å². The molecule has 0 amide bonds. The van der Waals surface area contributed by atoms with Crippen LogP contribution in [0, 0.1) is 0 Å². The van der Waals surface area contributed by atoms with Crippen molar-refractivity contribution in [3.63, 3.8) is 0 Å². The average molecular weight is 336 g/mol. The minimum absolute atomic E-state index is 0.130. The van der Waals surface area contributed by atoms with Crippen molar-refractivity contribution < 1.29 is 0 Å². The predicted octanol–water partition coefficient (Wildman–Crippen LogP) is 6.84. The highest BCUT2D eigenvalue weighted by Crippen LogP contribution is 2.63. The van der Waals surface area contributed by atoms with E-state index in [1.807, 2.05) is 0 Å². The molecule has 0 aromatic heterocycles. The van der Waals surface area contributed by atoms with Crippen LogP contribution in [0.2, 0.25) is 0 Å². The fourth-order valence-electron chi connectivity index (χ4n) is 5.25. The van der Waals surface area contributed by atoms with Gasteiger partial charge in [-0.05, 0) is 70.7 Å². The summed E-state index contributed by atoms with van der Waals surface area (Å²) in [5.74, 6) is 0. The second kappa shape index (κ2) is 5.71. The van der Waals surface area contributed by atoms with Gasteiger partial charge in [-0.15, -0.1) is 0 Å². The third-order valence-electron chi connectivity index (χ3n) is 6.24. The van der Waals surface area contributed by atoms with Crippen molar-refractivity contribution in [2.45, 2.75) is 38.5 Å². The van der Waals surface area contributed by atoms with Gasteiger partial charge in [-0.3, -0.25) is 0 Å². The Labute approximate surface area is 156 Å². The minimum atomic E-state index is -0.130. The summed E-state index contributed by atoms with van der Waals surface area (Å²) in [5, 5.41) is 0. The van der Waals surface area contributed by atoms with Gasteiger partial charge in [0.05, 0.1) is 5.41 Å². The Hall–Kier alpha value is -2.60. The van der Waals surface area contributed by atoms with E-state index in [2.05, 4.69) is 86.7 Å². The zero-order chi connectivity index (χ0) is 17.7. The number of fused-ring (bicyclic) bond motifs is 7. The summed E-state index contributed by atoms with van der Waals surface area (Å²) in [6.07, 6.45) is 13.0. The standard InChI is InChI=1S/C26H24/c1-3-4-14-22-18(2)19-11-5-8-15-23(19)26(22)24-16-9-6-12-20(24)21-13-7-10-17-25(21)26/h4-6,8-9,11-17H,3,7,10H2,1-2H3/b14-4-. The smallest absolute Gasteiger partial charge is 0.0718 e. The molecule has 128 valence electrons. The van der Waals surface area contributed by atoms with Gasteiger partial charge in [-0.2, -0.15) is 0 Å². The zero-order valence-electron chi connectivity index (χ0n) is 15.5. The zero-order valence-corrected chi connectivity index (χ0v) is 15.5. The highest BCUT2D eigenvalue weighted by atomic mass is 14.5. The Bertz CT molecular complexity index is 1030. The summed E-state index contributed by atoms with van der Waals surface area (Å²) < 4.78 is 0. The number of hydrogen-bond acceptors (Lipinski definition) is 0. The molecule has 0 bridgehead atoms. The minimum Gasteiger partial charge on any atom is -0.0845 e. The molecule has 5 rings (SSSR count). The fraction of sp³-hybridized carbons (Fsp3) is 0.231. The van der Waals surface area contributed by atoms with Crippen LogP contribution in [0.25, 0.3) is 11.1 Å². The van der Waals surface area contributed by atoms with E-state index in [1.165, 1.54) is 44.5 Å². The molecule has 3 aliphatic rings. The first-order valence-corrected chi connectivity index (χ1v) is 9.79. The summed E-state index contributed by atoms with van der Waals surface area (Å²) in [6.45, 7) is 4.52. The van der Waals surface area contributed by atoms with Gasteiger partial charge in [-0.1, -0.05) is 79.8 Å². The highest BCUT2D eigenvalue weighted by Gasteiger charge is 2.53. The van der Waals surface area contributed by atoms with Gasteiger partial charge >= 0.3 is 0 Å². The molecule has 1 unspecified atom stereocenters. The predicted molar refractivity (Wildman–Crippen MR) is 111 cm³/mol. The summed E-state index contributed by atoms with van der Waals surface area (Å²) in [5.41, 5.74) is 11.5. The largest absolute Gasteiger partial charge is 0.0845 e. The molecular weight excluding hydrogens is 312 g/mol. The van der Waals surface area contributed by atoms with Crippen molar-refractivity contribution in [1.29, 1.82) is 0 Å². The molecular formula is C26H24. The molecule has 0 aliphatic heterocycles. The molecule has 0 saturated heterocycles. The van der Waals surface area contributed by atoms with Crippen LogP contribution in [0.3, 0.4) is 0 Å². The van der Waals surface area contributed by atoms with E-state index in [0.29, 0.717) is 0 Å². The van der Waals surface area contributed by atoms with Crippen LogP contribution in [-0.2, 0) is 5.41 Å². The molecule has 2 aromatic carbocycles. The lowest BCUT2D eigenvalue weighted by Gasteiger charge is -2.32. The molecule has 26 heavy (non-hydrogen) atoms. The van der Waals surface area contributed by atoms with Gasteiger partial charge in [0.1, 0.15) is 0 Å². The fourth-order valence-corrected chi connectivity index (χ4v) is 5.25. The molecule has 3 aliphatic carbocycles. The van der Waals surface area contributed by atoms with E-state index < -0.39 is 0 Å². The SMILES string of the molecule is CC/C=C\C1=C(C)c2ccccc2C12C1=CCCC=C1c1ccccc12. The average Bonchev–Trinajstić information content (AvgIpc) is 3.13. The van der Waals surface area contributed by atoms with Gasteiger partial charge in [0.2, 0.25) is 0 Å². The van der Waals surface area contributed by atoms with E-state index in [9.17, 15) is 0 Å². The summed E-state index contributed by atoms with van der Waals surface area (Å²) in [7, 11) is 0. The van der Waals surface area contributed by atoms with Crippen molar-refractivity contribution in [3.05, 3.63) is 106 Å². The van der Waals surface area contributed by atoms with Gasteiger partial charge in [0.25, 0.3) is 0 Å². The number of rotatable bonds is 2. The maximum Gasteiger partial charge on any atom is 0.0718 e. The van der Waals surface area contributed by atoms with Crippen LogP contribution in [0.1, 0.15) is 55.4 Å². The third kappa shape index (κ3) is 1.80. The normalized spacial score (nSPS) is 23.2. The second-order valence-electron chi connectivity index (χ2n) is 7.50. The molecule has 0 fully saturated rings. The maximum absolute atomic E-state index is 2.50. The topological polar surface area (TPSA) is 0 Å². The summed E-state index contributed by atoms with van der Waals surface area (Å²) in [4.78, 5) is 0. The summed E-state index contributed by atoms with van der Waals surface area (Å²) >= 11 is 0. The van der Waals surface area contributed by atoms with E-state index in [4.69, 9.17) is 0 Å². The van der Waals surface area contributed by atoms with Crippen molar-refractivity contribution in [1.82, 2.24) is 0 Å². The Morgan fingerprint density at radius 3 is 2.31 bits per heavy atom. The van der Waals surface area contributed by atoms with Gasteiger partial charge in [-0.25, -0.2) is 0 Å². The lowest BCUT2D eigenvalue weighted by atomic mass is 9.68. The first-order chi connectivity index (χ1) is 12.8. The van der Waals surface area contributed by atoms with Crippen LogP contribution in [0.4, 0.5) is 0 Å². The summed E-state index contributed by atoms with van der Waals surface area (Å²) in [6, 6.07) is 18.1. The quantitative estimate of drug-likeness (QED) is 0.563. The molecule has 0 saturated carbocycles. The Kier molecular flexibility index (Phi) is 3.43. The Morgan fingerprint density at radius 1 is 0.885 bits per heavy atom. The van der Waals surface area contributed by atoms with E-state index in [1.54, 1.807) is 0 Å². The molecule has 1 spiro atoms.